The van der Waals surface area contributed by atoms with Crippen molar-refractivity contribution in [2.75, 3.05) is 40.3 Å². The largest absolute Gasteiger partial charge is 0.492 e. The van der Waals surface area contributed by atoms with Gasteiger partial charge in [0.25, 0.3) is 0 Å². The number of hydrogen-bond donors (Lipinski definition) is 1. The second-order valence-electron chi connectivity index (χ2n) is 4.67. The smallest absolute Gasteiger partial charge is 0.122 e. The molecule has 3 nitrogen and oxygen atoms in total. The summed E-state index contributed by atoms with van der Waals surface area (Å²) in [6.45, 7) is 7.83. The number of hydrogen-bond acceptors (Lipinski definition) is 3. The third kappa shape index (κ3) is 5.71. The summed E-state index contributed by atoms with van der Waals surface area (Å²) in [7, 11) is 4.16. The third-order valence-corrected chi connectivity index (χ3v) is 2.62. The van der Waals surface area contributed by atoms with E-state index in [9.17, 15) is 0 Å². The van der Waals surface area contributed by atoms with Crippen LogP contribution in [0.15, 0.2) is 18.2 Å². The number of nitrogens with zero attached hydrogens (tertiary/aromatic N) is 1. The SMILES string of the molecule is Cc1ccc(C)c(OCCNCCN(C)C)c1. The van der Waals surface area contributed by atoms with Gasteiger partial charge in [-0.2, -0.15) is 0 Å². The highest BCUT2D eigenvalue weighted by Gasteiger charge is 1.99. The van der Waals surface area contributed by atoms with Crippen LogP contribution in [0.4, 0.5) is 0 Å². The molecule has 0 atom stereocenters. The van der Waals surface area contributed by atoms with E-state index in [0.29, 0.717) is 0 Å². The van der Waals surface area contributed by atoms with Crippen molar-refractivity contribution < 1.29 is 4.74 Å². The van der Waals surface area contributed by atoms with Gasteiger partial charge in [0, 0.05) is 19.6 Å². The Labute approximate surface area is 105 Å². The Morgan fingerprint density at radius 2 is 1.94 bits per heavy atom. The number of rotatable bonds is 7. The molecule has 0 saturated carbocycles. The van der Waals surface area contributed by atoms with Gasteiger partial charge >= 0.3 is 0 Å². The number of aryl methyl sites for hydroxylation is 2. The highest BCUT2D eigenvalue weighted by molar-refractivity contribution is 5.35. The van der Waals surface area contributed by atoms with Gasteiger partial charge in [0.1, 0.15) is 12.4 Å². The second kappa shape index (κ2) is 7.30. The molecule has 17 heavy (non-hydrogen) atoms. The van der Waals surface area contributed by atoms with Gasteiger partial charge in [-0.3, -0.25) is 0 Å². The Bertz CT molecular complexity index is 337. The maximum Gasteiger partial charge on any atom is 0.122 e. The van der Waals surface area contributed by atoms with E-state index in [4.69, 9.17) is 4.74 Å². The average Bonchev–Trinajstić information content (AvgIpc) is 2.27. The van der Waals surface area contributed by atoms with Gasteiger partial charge in [0.05, 0.1) is 0 Å². The van der Waals surface area contributed by atoms with E-state index in [-0.39, 0.29) is 0 Å². The highest BCUT2D eigenvalue weighted by atomic mass is 16.5. The summed E-state index contributed by atoms with van der Waals surface area (Å²) >= 11 is 0. The molecule has 96 valence electrons. The van der Waals surface area contributed by atoms with Crippen LogP contribution < -0.4 is 10.1 Å². The Morgan fingerprint density at radius 1 is 1.18 bits per heavy atom. The molecular weight excluding hydrogens is 212 g/mol. The molecule has 0 fully saturated rings. The molecule has 0 bridgehead atoms. The summed E-state index contributed by atoms with van der Waals surface area (Å²) < 4.78 is 5.75. The van der Waals surface area contributed by atoms with Gasteiger partial charge < -0.3 is 15.0 Å². The van der Waals surface area contributed by atoms with Gasteiger partial charge in [0.2, 0.25) is 0 Å². The molecule has 0 radical (unpaired) electrons. The fourth-order valence-corrected chi connectivity index (χ4v) is 1.52. The maximum absolute atomic E-state index is 5.75. The van der Waals surface area contributed by atoms with E-state index in [0.717, 1.165) is 32.0 Å². The zero-order valence-electron chi connectivity index (χ0n) is 11.4. The first-order valence-corrected chi connectivity index (χ1v) is 6.15. The second-order valence-corrected chi connectivity index (χ2v) is 4.67. The topological polar surface area (TPSA) is 24.5 Å². The molecule has 0 saturated heterocycles. The maximum atomic E-state index is 5.75. The van der Waals surface area contributed by atoms with Crippen LogP contribution in [0.25, 0.3) is 0 Å². The molecule has 0 aromatic heterocycles. The summed E-state index contributed by atoms with van der Waals surface area (Å²) in [5.74, 6) is 0.999. The van der Waals surface area contributed by atoms with Gasteiger partial charge in [0.15, 0.2) is 0 Å². The quantitative estimate of drug-likeness (QED) is 0.731. The van der Waals surface area contributed by atoms with Crippen molar-refractivity contribution in [3.05, 3.63) is 29.3 Å². The molecule has 0 aliphatic rings. The van der Waals surface area contributed by atoms with E-state index >= 15 is 0 Å². The average molecular weight is 236 g/mol. The first-order chi connectivity index (χ1) is 8.09. The predicted molar refractivity (Wildman–Crippen MR) is 72.8 cm³/mol. The van der Waals surface area contributed by atoms with Gasteiger partial charge in [-0.1, -0.05) is 12.1 Å². The Kier molecular flexibility index (Phi) is 6.01. The van der Waals surface area contributed by atoms with Gasteiger partial charge in [-0.25, -0.2) is 0 Å². The van der Waals surface area contributed by atoms with Crippen LogP contribution in [0.5, 0.6) is 5.75 Å². The predicted octanol–water partition coefficient (Wildman–Crippen LogP) is 1.83. The summed E-state index contributed by atoms with van der Waals surface area (Å²) in [5, 5.41) is 3.35. The van der Waals surface area contributed by atoms with Crippen LogP contribution in [-0.2, 0) is 0 Å². The minimum atomic E-state index is 0.720. The molecule has 0 heterocycles. The summed E-state index contributed by atoms with van der Waals surface area (Å²) in [4.78, 5) is 2.17. The van der Waals surface area contributed by atoms with Crippen molar-refractivity contribution in [3.63, 3.8) is 0 Å². The Balaban J connectivity index is 2.20. The van der Waals surface area contributed by atoms with Gasteiger partial charge in [-0.05, 0) is 45.1 Å². The van der Waals surface area contributed by atoms with Crippen LogP contribution in [0.2, 0.25) is 0 Å². The molecule has 0 amide bonds. The monoisotopic (exact) mass is 236 g/mol. The number of nitrogens with one attached hydrogen (secondary N) is 1. The molecule has 3 heteroatoms. The van der Waals surface area contributed by atoms with Crippen molar-refractivity contribution in [2.24, 2.45) is 0 Å². The van der Waals surface area contributed by atoms with Crippen molar-refractivity contribution in [1.29, 1.82) is 0 Å². The zero-order valence-corrected chi connectivity index (χ0v) is 11.4. The van der Waals surface area contributed by atoms with Crippen LogP contribution in [-0.4, -0.2) is 45.2 Å². The van der Waals surface area contributed by atoms with Crippen LogP contribution in [0.1, 0.15) is 11.1 Å². The lowest BCUT2D eigenvalue weighted by molar-refractivity contribution is 0.306. The summed E-state index contributed by atoms with van der Waals surface area (Å²) in [6.07, 6.45) is 0. The molecule has 1 N–H and O–H groups in total. The van der Waals surface area contributed by atoms with E-state index in [1.54, 1.807) is 0 Å². The standard InChI is InChI=1S/C14H24N2O/c1-12-5-6-13(2)14(11-12)17-10-8-15-7-9-16(3)4/h5-6,11,15H,7-10H2,1-4H3. The molecular formula is C14H24N2O. The molecule has 0 aliphatic heterocycles. The lowest BCUT2D eigenvalue weighted by Crippen LogP contribution is -2.29. The van der Waals surface area contributed by atoms with Crippen molar-refractivity contribution in [1.82, 2.24) is 10.2 Å². The highest BCUT2D eigenvalue weighted by Crippen LogP contribution is 2.18. The fourth-order valence-electron chi connectivity index (χ4n) is 1.52. The Hall–Kier alpha value is -1.06. The molecule has 0 aliphatic carbocycles. The van der Waals surface area contributed by atoms with Gasteiger partial charge in [-0.15, -0.1) is 0 Å². The van der Waals surface area contributed by atoms with E-state index in [1.807, 2.05) is 0 Å². The number of ether oxygens (including phenoxy) is 1. The van der Waals surface area contributed by atoms with E-state index in [1.165, 1.54) is 11.1 Å². The lowest BCUT2D eigenvalue weighted by atomic mass is 10.1. The molecule has 1 aromatic carbocycles. The minimum absolute atomic E-state index is 0.720. The molecule has 0 spiro atoms. The zero-order chi connectivity index (χ0) is 12.7. The van der Waals surface area contributed by atoms with E-state index < -0.39 is 0 Å². The number of benzene rings is 1. The Morgan fingerprint density at radius 3 is 2.65 bits per heavy atom. The normalized spacial score (nSPS) is 10.9. The molecule has 1 rings (SSSR count). The summed E-state index contributed by atoms with van der Waals surface area (Å²) in [5.41, 5.74) is 2.44. The van der Waals surface area contributed by atoms with Crippen LogP contribution >= 0.6 is 0 Å². The van der Waals surface area contributed by atoms with Crippen LogP contribution in [0, 0.1) is 13.8 Å². The number of likely N-dealkylation sites (N-methyl/N-ethyl adjacent to an activating group) is 1. The third-order valence-electron chi connectivity index (χ3n) is 2.62. The first-order valence-electron chi connectivity index (χ1n) is 6.15. The van der Waals surface area contributed by atoms with Crippen molar-refractivity contribution in [2.45, 2.75) is 13.8 Å². The lowest BCUT2D eigenvalue weighted by Gasteiger charge is -2.12. The van der Waals surface area contributed by atoms with Crippen molar-refractivity contribution in [3.8, 4) is 5.75 Å². The summed E-state index contributed by atoms with van der Waals surface area (Å²) in [6, 6.07) is 6.30. The minimum Gasteiger partial charge on any atom is -0.492 e. The van der Waals surface area contributed by atoms with Crippen molar-refractivity contribution >= 4 is 0 Å². The fraction of sp³-hybridized carbons (Fsp3) is 0.571. The van der Waals surface area contributed by atoms with E-state index in [2.05, 4.69) is 56.4 Å². The molecule has 0 unspecified atom stereocenters. The first kappa shape index (κ1) is 14.0. The van der Waals surface area contributed by atoms with Crippen LogP contribution in [0.3, 0.4) is 0 Å². The molecule has 1 aromatic rings.